The Morgan fingerprint density at radius 2 is 1.13 bits per heavy atom. The lowest BCUT2D eigenvalue weighted by atomic mass is 9.98. The summed E-state index contributed by atoms with van der Waals surface area (Å²) in [5.41, 5.74) is 2.96. The summed E-state index contributed by atoms with van der Waals surface area (Å²) in [6.07, 6.45) is 0.699. The number of hydrogen-bond acceptors (Lipinski definition) is 4. The van der Waals surface area contributed by atoms with Crippen LogP contribution in [-0.4, -0.2) is 24.2 Å². The van der Waals surface area contributed by atoms with Crippen LogP contribution in [0.1, 0.15) is 5.56 Å². The summed E-state index contributed by atoms with van der Waals surface area (Å²) in [6.45, 7) is 0. The fourth-order valence-corrected chi connectivity index (χ4v) is 3.67. The number of benzene rings is 3. The molecule has 0 saturated heterocycles. The van der Waals surface area contributed by atoms with E-state index in [4.69, 9.17) is 33.9 Å². The minimum Gasteiger partial charge on any atom is -0.497 e. The summed E-state index contributed by atoms with van der Waals surface area (Å²) >= 11 is 11.5. The van der Waals surface area contributed by atoms with Crippen LogP contribution in [0.4, 0.5) is 11.4 Å². The van der Waals surface area contributed by atoms with Crippen molar-refractivity contribution in [2.24, 2.45) is 5.92 Å². The zero-order valence-corrected chi connectivity index (χ0v) is 18.6. The third kappa shape index (κ3) is 6.02. The van der Waals surface area contributed by atoms with E-state index >= 15 is 0 Å². The normalized spacial score (nSPS) is 10.4. The highest BCUT2D eigenvalue weighted by Crippen LogP contribution is 2.21. The second-order valence-electron chi connectivity index (χ2n) is 6.68. The molecule has 6 heteroatoms. The molecule has 0 fully saturated rings. The van der Waals surface area contributed by atoms with E-state index in [1.807, 2.05) is 66.7 Å². The minimum atomic E-state index is -0.165. The molecule has 0 aliphatic heterocycles. The fraction of sp³-hybridized carbons (Fsp3) is 0.167. The van der Waals surface area contributed by atoms with Crippen LogP contribution in [0.5, 0.6) is 11.5 Å². The topological polar surface area (TPSA) is 42.5 Å². The molecule has 0 atom stereocenters. The molecule has 0 heterocycles. The molecular weight excluding hydrogens is 412 g/mol. The molecule has 0 aliphatic carbocycles. The summed E-state index contributed by atoms with van der Waals surface area (Å²) in [5, 5.41) is 6.65. The zero-order chi connectivity index (χ0) is 21.3. The Morgan fingerprint density at radius 3 is 1.53 bits per heavy atom. The molecular formula is C24H24N2O2S2. The molecule has 0 saturated carbocycles. The van der Waals surface area contributed by atoms with Gasteiger partial charge in [0.15, 0.2) is 0 Å². The largest absolute Gasteiger partial charge is 0.497 e. The molecule has 3 rings (SSSR count). The van der Waals surface area contributed by atoms with Gasteiger partial charge >= 0.3 is 0 Å². The molecule has 0 amide bonds. The molecule has 154 valence electrons. The molecule has 0 bridgehead atoms. The van der Waals surface area contributed by atoms with Crippen molar-refractivity contribution in [3.05, 3.63) is 84.4 Å². The average Bonchev–Trinajstić information content (AvgIpc) is 2.79. The van der Waals surface area contributed by atoms with Crippen molar-refractivity contribution in [1.82, 2.24) is 0 Å². The van der Waals surface area contributed by atoms with Crippen LogP contribution in [0.3, 0.4) is 0 Å². The van der Waals surface area contributed by atoms with Crippen LogP contribution in [-0.2, 0) is 6.42 Å². The number of ether oxygens (including phenoxy) is 2. The van der Waals surface area contributed by atoms with Gasteiger partial charge in [0.05, 0.1) is 30.1 Å². The van der Waals surface area contributed by atoms with Gasteiger partial charge < -0.3 is 20.1 Å². The number of thiocarbonyl (C=S) groups is 2. The highest BCUT2D eigenvalue weighted by Gasteiger charge is 2.21. The van der Waals surface area contributed by atoms with Crippen molar-refractivity contribution in [2.45, 2.75) is 6.42 Å². The maximum atomic E-state index is 5.76. The van der Waals surface area contributed by atoms with Crippen LogP contribution in [0, 0.1) is 5.92 Å². The Morgan fingerprint density at radius 1 is 0.700 bits per heavy atom. The van der Waals surface area contributed by atoms with Crippen molar-refractivity contribution >= 4 is 45.8 Å². The van der Waals surface area contributed by atoms with Gasteiger partial charge in [-0.3, -0.25) is 0 Å². The summed E-state index contributed by atoms with van der Waals surface area (Å²) in [4.78, 5) is 1.32. The van der Waals surface area contributed by atoms with Crippen molar-refractivity contribution < 1.29 is 9.47 Å². The lowest BCUT2D eigenvalue weighted by molar-refractivity contribution is 0.415. The van der Waals surface area contributed by atoms with E-state index in [0.717, 1.165) is 22.9 Å². The first-order valence-corrected chi connectivity index (χ1v) is 10.3. The molecule has 0 radical (unpaired) electrons. The Bertz CT molecular complexity index is 913. The second-order valence-corrected chi connectivity index (χ2v) is 7.56. The van der Waals surface area contributed by atoms with Gasteiger partial charge in [-0.05, 0) is 60.5 Å². The van der Waals surface area contributed by atoms with Gasteiger partial charge in [-0.15, -0.1) is 0 Å². The monoisotopic (exact) mass is 436 g/mol. The van der Waals surface area contributed by atoms with Gasteiger partial charge in [-0.1, -0.05) is 54.8 Å². The molecule has 4 nitrogen and oxygen atoms in total. The van der Waals surface area contributed by atoms with Crippen LogP contribution < -0.4 is 20.1 Å². The molecule has 3 aromatic carbocycles. The number of rotatable bonds is 8. The number of nitrogens with one attached hydrogen (secondary N) is 2. The Balaban J connectivity index is 1.77. The summed E-state index contributed by atoms with van der Waals surface area (Å²) in [5.74, 6) is 1.43. The molecule has 3 aromatic rings. The predicted molar refractivity (Wildman–Crippen MR) is 132 cm³/mol. The quantitative estimate of drug-likeness (QED) is 0.439. The maximum absolute atomic E-state index is 5.76. The van der Waals surface area contributed by atoms with E-state index < -0.39 is 0 Å². The second kappa shape index (κ2) is 10.7. The van der Waals surface area contributed by atoms with Gasteiger partial charge in [0.2, 0.25) is 0 Å². The third-order valence-corrected chi connectivity index (χ3v) is 5.40. The minimum absolute atomic E-state index is 0.165. The van der Waals surface area contributed by atoms with E-state index in [-0.39, 0.29) is 5.92 Å². The number of hydrogen-bond donors (Lipinski definition) is 2. The van der Waals surface area contributed by atoms with Crippen molar-refractivity contribution in [3.8, 4) is 11.5 Å². The van der Waals surface area contributed by atoms with E-state index in [1.165, 1.54) is 5.56 Å². The van der Waals surface area contributed by atoms with E-state index in [0.29, 0.717) is 16.4 Å². The van der Waals surface area contributed by atoms with Gasteiger partial charge in [0.25, 0.3) is 0 Å². The highest BCUT2D eigenvalue weighted by atomic mass is 32.1. The van der Waals surface area contributed by atoms with Gasteiger partial charge in [0, 0.05) is 11.4 Å². The molecule has 0 unspecified atom stereocenters. The average molecular weight is 437 g/mol. The third-order valence-electron chi connectivity index (χ3n) is 4.63. The first-order valence-electron chi connectivity index (χ1n) is 9.53. The first kappa shape index (κ1) is 21.7. The maximum Gasteiger partial charge on any atom is 0.119 e. The Hall–Kier alpha value is -2.96. The molecule has 2 N–H and O–H groups in total. The van der Waals surface area contributed by atoms with E-state index in [1.54, 1.807) is 14.2 Å². The number of methoxy groups -OCH3 is 2. The summed E-state index contributed by atoms with van der Waals surface area (Å²) in [6, 6.07) is 25.5. The summed E-state index contributed by atoms with van der Waals surface area (Å²) in [7, 11) is 3.29. The molecule has 30 heavy (non-hydrogen) atoms. The van der Waals surface area contributed by atoms with E-state index in [9.17, 15) is 0 Å². The predicted octanol–water partition coefficient (Wildman–Crippen LogP) is 5.74. The number of anilines is 2. The SMILES string of the molecule is COc1ccc(NC(=S)C(Cc2ccccc2)C(=S)Nc2ccc(OC)cc2)cc1. The van der Waals surface area contributed by atoms with Gasteiger partial charge in [-0.25, -0.2) is 0 Å². The Labute approximate surface area is 188 Å². The van der Waals surface area contributed by atoms with E-state index in [2.05, 4.69) is 22.8 Å². The van der Waals surface area contributed by atoms with Crippen LogP contribution in [0.2, 0.25) is 0 Å². The van der Waals surface area contributed by atoms with Crippen molar-refractivity contribution in [1.29, 1.82) is 0 Å². The lowest BCUT2D eigenvalue weighted by Gasteiger charge is -2.22. The first-order chi connectivity index (χ1) is 14.6. The molecule has 0 aliphatic rings. The molecule has 0 aromatic heterocycles. The standard InChI is InChI=1S/C24H24N2O2S2/c1-27-20-12-8-18(9-13-20)25-23(29)22(16-17-6-4-3-5-7-17)24(30)26-19-10-14-21(28-2)15-11-19/h3-15,22H,16H2,1-2H3,(H,25,29)(H,26,30). The lowest BCUT2D eigenvalue weighted by Crippen LogP contribution is -2.33. The highest BCUT2D eigenvalue weighted by molar-refractivity contribution is 7.82. The van der Waals surface area contributed by atoms with Gasteiger partial charge in [-0.2, -0.15) is 0 Å². The zero-order valence-electron chi connectivity index (χ0n) is 16.9. The van der Waals surface area contributed by atoms with Crippen LogP contribution in [0.15, 0.2) is 78.9 Å². The van der Waals surface area contributed by atoms with Crippen molar-refractivity contribution in [3.63, 3.8) is 0 Å². The fourth-order valence-electron chi connectivity index (χ4n) is 2.96. The van der Waals surface area contributed by atoms with Crippen LogP contribution in [0.25, 0.3) is 0 Å². The Kier molecular flexibility index (Phi) is 7.76. The van der Waals surface area contributed by atoms with Crippen molar-refractivity contribution in [2.75, 3.05) is 24.9 Å². The molecule has 0 spiro atoms. The summed E-state index contributed by atoms with van der Waals surface area (Å²) < 4.78 is 10.4. The van der Waals surface area contributed by atoms with Gasteiger partial charge in [0.1, 0.15) is 11.5 Å². The van der Waals surface area contributed by atoms with Crippen LogP contribution >= 0.6 is 24.4 Å². The smallest absolute Gasteiger partial charge is 0.119 e.